The molecule has 0 fully saturated rings. The van der Waals surface area contributed by atoms with Crippen molar-refractivity contribution in [1.82, 2.24) is 5.32 Å². The van der Waals surface area contributed by atoms with Crippen LogP contribution < -0.4 is 5.32 Å². The lowest BCUT2D eigenvalue weighted by Gasteiger charge is -2.05. The Morgan fingerprint density at radius 3 is 2.62 bits per heavy atom. The fourth-order valence-corrected chi connectivity index (χ4v) is 1.36. The molecule has 1 nitrogen and oxygen atoms in total. The molecule has 1 aromatic rings. The highest BCUT2D eigenvalue weighted by atomic mass is 79.9. The van der Waals surface area contributed by atoms with Gasteiger partial charge in [-0.3, -0.25) is 0 Å². The first-order valence-electron chi connectivity index (χ1n) is 4.68. The summed E-state index contributed by atoms with van der Waals surface area (Å²) in [5.41, 5.74) is 1.35. The highest BCUT2D eigenvalue weighted by molar-refractivity contribution is 9.09. The molecule has 1 atom stereocenters. The van der Waals surface area contributed by atoms with Crippen LogP contribution in [0.1, 0.15) is 18.9 Å². The van der Waals surface area contributed by atoms with E-state index >= 15 is 0 Å². The minimum atomic E-state index is 0.607. The normalized spacial score (nSPS) is 12.8. The molecule has 0 bridgehead atoms. The molecular formula is C11H16BrN. The predicted molar refractivity (Wildman–Crippen MR) is 61.2 cm³/mol. The lowest BCUT2D eigenvalue weighted by Crippen LogP contribution is -2.16. The average Bonchev–Trinajstić information content (AvgIpc) is 2.14. The molecule has 2 heteroatoms. The van der Waals surface area contributed by atoms with Gasteiger partial charge in [-0.25, -0.2) is 0 Å². The topological polar surface area (TPSA) is 12.0 Å². The second-order valence-corrected chi connectivity index (χ2v) is 4.79. The first-order valence-corrected chi connectivity index (χ1v) is 5.59. The van der Waals surface area contributed by atoms with Gasteiger partial charge in [-0.2, -0.15) is 0 Å². The number of halogens is 1. The summed E-state index contributed by atoms with van der Waals surface area (Å²) in [5.74, 6) is 0. The van der Waals surface area contributed by atoms with Crippen molar-refractivity contribution >= 4 is 15.9 Å². The summed E-state index contributed by atoms with van der Waals surface area (Å²) in [6, 6.07) is 10.5. The van der Waals surface area contributed by atoms with Gasteiger partial charge in [0.2, 0.25) is 0 Å². The molecule has 0 radical (unpaired) electrons. The van der Waals surface area contributed by atoms with Crippen LogP contribution in [0, 0.1) is 0 Å². The van der Waals surface area contributed by atoms with Crippen LogP contribution in [-0.4, -0.2) is 11.4 Å². The summed E-state index contributed by atoms with van der Waals surface area (Å²) in [5, 5.41) is 3.40. The maximum Gasteiger partial charge on any atom is 0.0205 e. The Kier molecular flexibility index (Phi) is 5.09. The molecule has 1 unspecified atom stereocenters. The van der Waals surface area contributed by atoms with Gasteiger partial charge in [0.25, 0.3) is 0 Å². The molecular weight excluding hydrogens is 226 g/mol. The summed E-state index contributed by atoms with van der Waals surface area (Å²) in [6.07, 6.45) is 1.17. The van der Waals surface area contributed by atoms with E-state index in [1.165, 1.54) is 12.0 Å². The van der Waals surface area contributed by atoms with Gasteiger partial charge in [0.1, 0.15) is 0 Å². The Balaban J connectivity index is 2.13. The van der Waals surface area contributed by atoms with Crippen LogP contribution in [0.2, 0.25) is 0 Å². The number of hydrogen-bond donors (Lipinski definition) is 1. The minimum Gasteiger partial charge on any atom is -0.313 e. The van der Waals surface area contributed by atoms with Gasteiger partial charge >= 0.3 is 0 Å². The van der Waals surface area contributed by atoms with E-state index in [0.29, 0.717) is 4.83 Å². The molecule has 0 aromatic heterocycles. The third kappa shape index (κ3) is 5.06. The van der Waals surface area contributed by atoms with Crippen molar-refractivity contribution in [3.63, 3.8) is 0 Å². The zero-order valence-corrected chi connectivity index (χ0v) is 9.55. The third-order valence-corrected chi connectivity index (χ3v) is 2.35. The first-order chi connectivity index (χ1) is 6.29. The molecule has 1 aromatic carbocycles. The molecule has 1 N–H and O–H groups in total. The van der Waals surface area contributed by atoms with E-state index in [9.17, 15) is 0 Å². The Labute approximate surface area is 88.7 Å². The fraction of sp³-hybridized carbons (Fsp3) is 0.455. The molecule has 0 amide bonds. The summed E-state index contributed by atoms with van der Waals surface area (Å²) in [6.45, 7) is 4.21. The predicted octanol–water partition coefficient (Wildman–Crippen LogP) is 2.95. The molecule has 0 heterocycles. The quantitative estimate of drug-likeness (QED) is 0.618. The Morgan fingerprint density at radius 2 is 2.00 bits per heavy atom. The molecule has 0 aliphatic heterocycles. The molecule has 0 spiro atoms. The zero-order valence-electron chi connectivity index (χ0n) is 7.96. The van der Waals surface area contributed by atoms with Gasteiger partial charge in [-0.1, -0.05) is 53.2 Å². The summed E-state index contributed by atoms with van der Waals surface area (Å²) in [4.78, 5) is 0.607. The maximum absolute atomic E-state index is 3.52. The highest BCUT2D eigenvalue weighted by Gasteiger charge is 1.94. The molecule has 0 saturated heterocycles. The first kappa shape index (κ1) is 10.7. The van der Waals surface area contributed by atoms with Crippen LogP contribution >= 0.6 is 15.9 Å². The number of benzene rings is 1. The molecule has 0 aliphatic rings. The molecule has 13 heavy (non-hydrogen) atoms. The number of hydrogen-bond acceptors (Lipinski definition) is 1. The standard InChI is InChI=1S/C11H16BrN/c1-10(12)7-8-13-9-11-5-3-2-4-6-11/h2-6,10,13H,7-9H2,1H3. The minimum absolute atomic E-state index is 0.607. The van der Waals surface area contributed by atoms with Crippen LogP contribution in [-0.2, 0) is 6.54 Å². The summed E-state index contributed by atoms with van der Waals surface area (Å²) in [7, 11) is 0. The van der Waals surface area contributed by atoms with Gasteiger partial charge in [0.05, 0.1) is 0 Å². The van der Waals surface area contributed by atoms with Crippen LogP contribution in [0.4, 0.5) is 0 Å². The number of alkyl halides is 1. The molecule has 1 rings (SSSR count). The largest absolute Gasteiger partial charge is 0.313 e. The van der Waals surface area contributed by atoms with E-state index in [0.717, 1.165) is 13.1 Å². The van der Waals surface area contributed by atoms with Crippen LogP contribution in [0.15, 0.2) is 30.3 Å². The van der Waals surface area contributed by atoms with E-state index in [-0.39, 0.29) is 0 Å². The zero-order chi connectivity index (χ0) is 9.52. The maximum atomic E-state index is 3.52. The summed E-state index contributed by atoms with van der Waals surface area (Å²) < 4.78 is 0. The second kappa shape index (κ2) is 6.17. The number of rotatable bonds is 5. The van der Waals surface area contributed by atoms with Crippen LogP contribution in [0.5, 0.6) is 0 Å². The fourth-order valence-electron chi connectivity index (χ4n) is 1.13. The van der Waals surface area contributed by atoms with E-state index in [1.807, 2.05) is 6.07 Å². The van der Waals surface area contributed by atoms with Gasteiger partial charge in [0, 0.05) is 11.4 Å². The van der Waals surface area contributed by atoms with E-state index < -0.39 is 0 Å². The van der Waals surface area contributed by atoms with Gasteiger partial charge in [-0.15, -0.1) is 0 Å². The van der Waals surface area contributed by atoms with Gasteiger partial charge in [0.15, 0.2) is 0 Å². The number of nitrogens with one attached hydrogen (secondary N) is 1. The van der Waals surface area contributed by atoms with Crippen molar-refractivity contribution in [1.29, 1.82) is 0 Å². The SMILES string of the molecule is CC(Br)CCNCc1ccccc1. The van der Waals surface area contributed by atoms with Crippen molar-refractivity contribution in [3.8, 4) is 0 Å². The molecule has 72 valence electrons. The Morgan fingerprint density at radius 1 is 1.31 bits per heavy atom. The monoisotopic (exact) mass is 241 g/mol. The smallest absolute Gasteiger partial charge is 0.0205 e. The van der Waals surface area contributed by atoms with E-state index in [1.54, 1.807) is 0 Å². The van der Waals surface area contributed by atoms with Crippen molar-refractivity contribution in [2.45, 2.75) is 24.7 Å². The van der Waals surface area contributed by atoms with E-state index in [2.05, 4.69) is 52.4 Å². The molecule has 0 aliphatic carbocycles. The highest BCUT2D eigenvalue weighted by Crippen LogP contribution is 2.02. The molecule has 0 saturated carbocycles. The second-order valence-electron chi connectivity index (χ2n) is 3.23. The summed E-state index contributed by atoms with van der Waals surface area (Å²) >= 11 is 3.52. The Hall–Kier alpha value is -0.340. The van der Waals surface area contributed by atoms with Crippen molar-refractivity contribution in [2.24, 2.45) is 0 Å². The van der Waals surface area contributed by atoms with Gasteiger partial charge < -0.3 is 5.32 Å². The van der Waals surface area contributed by atoms with Gasteiger partial charge in [-0.05, 0) is 18.5 Å². The Bertz CT molecular complexity index is 221. The van der Waals surface area contributed by atoms with Crippen molar-refractivity contribution in [3.05, 3.63) is 35.9 Å². The average molecular weight is 242 g/mol. The third-order valence-electron chi connectivity index (χ3n) is 1.89. The van der Waals surface area contributed by atoms with Crippen LogP contribution in [0.25, 0.3) is 0 Å². The lowest BCUT2D eigenvalue weighted by molar-refractivity contribution is 0.651. The van der Waals surface area contributed by atoms with E-state index in [4.69, 9.17) is 0 Å². The lowest BCUT2D eigenvalue weighted by atomic mass is 10.2. The van der Waals surface area contributed by atoms with Crippen molar-refractivity contribution < 1.29 is 0 Å². The van der Waals surface area contributed by atoms with Crippen LogP contribution in [0.3, 0.4) is 0 Å². The van der Waals surface area contributed by atoms with Crippen molar-refractivity contribution in [2.75, 3.05) is 6.54 Å².